The van der Waals surface area contributed by atoms with Crippen LogP contribution in [0, 0.1) is 28.1 Å². The van der Waals surface area contributed by atoms with Gasteiger partial charge in [-0.05, 0) is 58.1 Å². The van der Waals surface area contributed by atoms with Gasteiger partial charge in [0, 0.05) is 36.5 Å². The molecule has 13 atom stereocenters. The van der Waals surface area contributed by atoms with Gasteiger partial charge in [0.15, 0.2) is 18.0 Å². The smallest absolute Gasteiger partial charge is 0.407 e. The largest absolute Gasteiger partial charge is 0.456 e. The van der Waals surface area contributed by atoms with Crippen LogP contribution in [0.25, 0.3) is 0 Å². The summed E-state index contributed by atoms with van der Waals surface area (Å²) in [6.07, 6.45) is -7.85. The van der Waals surface area contributed by atoms with E-state index in [1.165, 1.54) is 13.8 Å². The number of hydrogen-bond acceptors (Lipinski definition) is 12. The molecule has 47 heavy (non-hydrogen) atoms. The van der Waals surface area contributed by atoms with Gasteiger partial charge in [-0.3, -0.25) is 4.79 Å². The van der Waals surface area contributed by atoms with Crippen molar-refractivity contribution in [3.05, 3.63) is 11.1 Å². The number of carbonyl (C=O) groups excluding carboxylic acids is 3. The Labute approximate surface area is 276 Å². The van der Waals surface area contributed by atoms with Crippen molar-refractivity contribution < 1.29 is 58.5 Å². The first kappa shape index (κ1) is 36.0. The quantitative estimate of drug-likeness (QED) is 0.151. The van der Waals surface area contributed by atoms with Crippen LogP contribution in [-0.4, -0.2) is 105 Å². The summed E-state index contributed by atoms with van der Waals surface area (Å²) in [6, 6.07) is -1.02. The first-order chi connectivity index (χ1) is 21.5. The fourth-order valence-electron chi connectivity index (χ4n) is 9.32. The molecule has 3 aliphatic carbocycles. The maximum atomic E-state index is 13.6. The van der Waals surface area contributed by atoms with Gasteiger partial charge in [-0.15, -0.1) is 0 Å². The molecule has 2 heterocycles. The highest BCUT2D eigenvalue weighted by atomic mass is 16.7. The molecule has 5 rings (SSSR count). The molecule has 0 aromatic heterocycles. The van der Waals surface area contributed by atoms with Gasteiger partial charge in [0.1, 0.15) is 17.8 Å². The molecule has 5 aliphatic rings. The Balaban J connectivity index is 1.53. The van der Waals surface area contributed by atoms with Crippen LogP contribution in [0.2, 0.25) is 0 Å². The molecule has 0 aromatic carbocycles. The van der Waals surface area contributed by atoms with Crippen LogP contribution in [0.3, 0.4) is 0 Å². The van der Waals surface area contributed by atoms with Crippen molar-refractivity contribution in [3.8, 4) is 0 Å². The topological polar surface area (TPSA) is 190 Å². The fourth-order valence-corrected chi connectivity index (χ4v) is 9.32. The second-order valence-electron chi connectivity index (χ2n) is 16.4. The van der Waals surface area contributed by atoms with Gasteiger partial charge in [0.25, 0.3) is 0 Å². The molecule has 13 unspecified atom stereocenters. The highest BCUT2D eigenvalue weighted by molar-refractivity contribution is 5.77. The van der Waals surface area contributed by atoms with Gasteiger partial charge in [-0.1, -0.05) is 27.7 Å². The number of aliphatic hydroxyl groups is 4. The summed E-state index contributed by atoms with van der Waals surface area (Å²) < 4.78 is 29.3. The Hall–Kier alpha value is -2.29. The third-order valence-electron chi connectivity index (χ3n) is 11.5. The predicted octanol–water partition coefficient (Wildman–Crippen LogP) is 2.11. The summed E-state index contributed by atoms with van der Waals surface area (Å²) >= 11 is 0. The Bertz CT molecular complexity index is 1320. The third-order valence-corrected chi connectivity index (χ3v) is 11.5. The number of alkyl carbamates (subject to hydrolysis) is 1. The second-order valence-corrected chi connectivity index (χ2v) is 16.4. The normalized spacial score (nSPS) is 43.5. The number of fused-ring (bicyclic) bond motifs is 4. The molecular weight excluding hydrogens is 614 g/mol. The van der Waals surface area contributed by atoms with E-state index < -0.39 is 94.2 Å². The van der Waals surface area contributed by atoms with Gasteiger partial charge in [-0.2, -0.15) is 0 Å². The number of ether oxygens (including phenoxy) is 5. The molecule has 13 nitrogen and oxygen atoms in total. The lowest BCUT2D eigenvalue weighted by Crippen LogP contribution is -2.78. The van der Waals surface area contributed by atoms with E-state index in [-0.39, 0.29) is 31.3 Å². The molecule has 0 aromatic rings. The van der Waals surface area contributed by atoms with E-state index in [2.05, 4.69) is 5.32 Å². The Morgan fingerprint density at radius 2 is 1.74 bits per heavy atom. The molecule has 0 bridgehead atoms. The van der Waals surface area contributed by atoms with Crippen molar-refractivity contribution in [2.75, 3.05) is 6.61 Å². The van der Waals surface area contributed by atoms with E-state index in [1.807, 2.05) is 20.8 Å². The van der Waals surface area contributed by atoms with Crippen LogP contribution < -0.4 is 5.32 Å². The summed E-state index contributed by atoms with van der Waals surface area (Å²) in [5.41, 5.74) is -3.04. The summed E-state index contributed by atoms with van der Waals surface area (Å²) in [4.78, 5) is 38.8. The first-order valence-electron chi connectivity index (χ1n) is 16.7. The van der Waals surface area contributed by atoms with E-state index in [9.17, 15) is 34.8 Å². The zero-order valence-electron chi connectivity index (χ0n) is 29.2. The van der Waals surface area contributed by atoms with Crippen molar-refractivity contribution in [1.29, 1.82) is 0 Å². The zero-order valence-corrected chi connectivity index (χ0v) is 29.2. The standard InChI is InChI=1S/C34H53NO12/c1-15(2)11-18(35-29(41)47-30(5,6)7)23(38)28(40)45-19-13-34-22(16(19)3)24(44-17(4)36)26(39)32(9)20(37)12-21-31(8,14-43-21)25(32)27(34)46-33(34,10)42/h15,18-21,23-27,37-39,42H,11-14H2,1-10H3,(H,35,41). The Morgan fingerprint density at radius 3 is 2.26 bits per heavy atom. The van der Waals surface area contributed by atoms with Crippen molar-refractivity contribution >= 4 is 18.0 Å². The number of aliphatic hydroxyl groups excluding tert-OH is 3. The summed E-state index contributed by atoms with van der Waals surface area (Å²) in [5.74, 6) is -4.06. The lowest BCUT2D eigenvalue weighted by molar-refractivity contribution is -0.434. The summed E-state index contributed by atoms with van der Waals surface area (Å²) in [5, 5.41) is 49.4. The molecule has 1 spiro atoms. The molecule has 13 heteroatoms. The van der Waals surface area contributed by atoms with Crippen molar-refractivity contribution in [2.45, 2.75) is 149 Å². The molecule has 1 amide bonds. The van der Waals surface area contributed by atoms with Crippen LogP contribution in [0.5, 0.6) is 0 Å². The lowest BCUT2D eigenvalue weighted by Gasteiger charge is -2.70. The number of carbonyl (C=O) groups is 3. The van der Waals surface area contributed by atoms with E-state index in [0.29, 0.717) is 17.8 Å². The SMILES string of the molecule is CC(=O)OC1C2=C(C)C(OC(=O)C(O)C(CC(C)C)NC(=O)OC(C)(C)C)CC23C(OC3(C)O)C2C3(C)COC3CC(O)C2(C)C1O. The minimum Gasteiger partial charge on any atom is -0.456 e. The second kappa shape index (κ2) is 11.7. The molecule has 2 saturated heterocycles. The highest BCUT2D eigenvalue weighted by Gasteiger charge is 2.81. The van der Waals surface area contributed by atoms with Gasteiger partial charge < -0.3 is 49.4 Å². The number of rotatable bonds is 7. The third kappa shape index (κ3) is 5.49. The van der Waals surface area contributed by atoms with Gasteiger partial charge in [-0.25, -0.2) is 9.59 Å². The molecule has 2 aliphatic heterocycles. The average Bonchev–Trinajstić information content (AvgIpc) is 3.21. The minimum atomic E-state index is -1.82. The van der Waals surface area contributed by atoms with Crippen molar-refractivity contribution in [3.63, 3.8) is 0 Å². The van der Waals surface area contributed by atoms with Crippen LogP contribution in [0.1, 0.15) is 88.5 Å². The fraction of sp³-hybridized carbons (Fsp3) is 0.853. The Morgan fingerprint density at radius 1 is 1.11 bits per heavy atom. The Kier molecular flexibility index (Phi) is 8.93. The zero-order chi connectivity index (χ0) is 35.2. The van der Waals surface area contributed by atoms with E-state index in [4.69, 9.17) is 23.7 Å². The minimum absolute atomic E-state index is 0.00647. The summed E-state index contributed by atoms with van der Waals surface area (Å²) in [7, 11) is 0. The predicted molar refractivity (Wildman–Crippen MR) is 165 cm³/mol. The van der Waals surface area contributed by atoms with Crippen LogP contribution in [0.4, 0.5) is 4.79 Å². The van der Waals surface area contributed by atoms with Crippen LogP contribution in [-0.2, 0) is 33.3 Å². The molecule has 266 valence electrons. The van der Waals surface area contributed by atoms with Gasteiger partial charge in [0.2, 0.25) is 0 Å². The number of amides is 1. The number of esters is 2. The van der Waals surface area contributed by atoms with E-state index >= 15 is 0 Å². The maximum Gasteiger partial charge on any atom is 0.407 e. The monoisotopic (exact) mass is 667 g/mol. The maximum absolute atomic E-state index is 13.6. The van der Waals surface area contributed by atoms with E-state index in [0.717, 1.165) is 0 Å². The van der Waals surface area contributed by atoms with Crippen LogP contribution >= 0.6 is 0 Å². The molecular formula is C34H53NO12. The van der Waals surface area contributed by atoms with Crippen LogP contribution in [0.15, 0.2) is 11.1 Å². The number of nitrogens with one attached hydrogen (secondary N) is 1. The molecule has 4 fully saturated rings. The van der Waals surface area contributed by atoms with Gasteiger partial charge >= 0.3 is 18.0 Å². The summed E-state index contributed by atoms with van der Waals surface area (Å²) in [6.45, 7) is 17.4. The van der Waals surface area contributed by atoms with E-state index in [1.54, 1.807) is 34.6 Å². The average molecular weight is 668 g/mol. The first-order valence-corrected chi connectivity index (χ1v) is 16.7. The lowest BCUT2D eigenvalue weighted by atomic mass is 9.45. The van der Waals surface area contributed by atoms with Crippen molar-refractivity contribution in [2.24, 2.45) is 28.1 Å². The molecule has 2 saturated carbocycles. The highest BCUT2D eigenvalue weighted by Crippen LogP contribution is 2.73. The van der Waals surface area contributed by atoms with Crippen molar-refractivity contribution in [1.82, 2.24) is 5.32 Å². The number of hydrogen-bond donors (Lipinski definition) is 5. The van der Waals surface area contributed by atoms with Gasteiger partial charge in [0.05, 0.1) is 36.4 Å². The molecule has 0 radical (unpaired) electrons. The molecule has 5 N–H and O–H groups in total.